The van der Waals surface area contributed by atoms with Gasteiger partial charge in [0, 0.05) is 41.4 Å². The topological polar surface area (TPSA) is 71.5 Å². The van der Waals surface area contributed by atoms with Crippen LogP contribution in [0.2, 0.25) is 0 Å². The minimum atomic E-state index is -0.289. The van der Waals surface area contributed by atoms with E-state index in [9.17, 15) is 9.59 Å². The first-order valence-corrected chi connectivity index (χ1v) is 11.4. The van der Waals surface area contributed by atoms with Crippen LogP contribution in [0.25, 0.3) is 6.08 Å². The van der Waals surface area contributed by atoms with Crippen molar-refractivity contribution in [3.63, 3.8) is 0 Å². The Morgan fingerprint density at radius 2 is 1.91 bits per heavy atom. The first kappa shape index (κ1) is 23.2. The van der Waals surface area contributed by atoms with Crippen molar-refractivity contribution in [1.29, 1.82) is 0 Å². The maximum absolute atomic E-state index is 12.5. The van der Waals surface area contributed by atoms with E-state index in [1.807, 2.05) is 50.4 Å². The van der Waals surface area contributed by atoms with Crippen LogP contribution in [0.4, 0.5) is 5.69 Å². The second-order valence-electron chi connectivity index (χ2n) is 7.07. The van der Waals surface area contributed by atoms with E-state index in [2.05, 4.69) is 10.3 Å². The van der Waals surface area contributed by atoms with Crippen LogP contribution in [0.5, 0.6) is 5.75 Å². The Kier molecular flexibility index (Phi) is 8.16. The van der Waals surface area contributed by atoms with Crippen molar-refractivity contribution in [3.8, 4) is 5.75 Å². The van der Waals surface area contributed by atoms with Crippen LogP contribution in [-0.2, 0) is 11.4 Å². The average Bonchev–Trinajstić information content (AvgIpc) is 3.22. The predicted octanol–water partition coefficient (Wildman–Crippen LogP) is 5.16. The van der Waals surface area contributed by atoms with E-state index < -0.39 is 0 Å². The number of rotatable bonds is 9. The number of nitrogens with one attached hydrogen (secondary N) is 1. The molecule has 166 valence electrons. The van der Waals surface area contributed by atoms with E-state index in [1.54, 1.807) is 46.6 Å². The van der Waals surface area contributed by atoms with Crippen LogP contribution in [0.3, 0.4) is 0 Å². The summed E-state index contributed by atoms with van der Waals surface area (Å²) >= 11 is 1.58. The highest BCUT2D eigenvalue weighted by Gasteiger charge is 2.13. The van der Waals surface area contributed by atoms with Gasteiger partial charge >= 0.3 is 0 Å². The lowest BCUT2D eigenvalue weighted by atomic mass is 10.1. The van der Waals surface area contributed by atoms with E-state index in [1.165, 1.54) is 6.08 Å². The fraction of sp³-hybridized carbons (Fsp3) is 0.240. The molecule has 0 saturated carbocycles. The first-order valence-electron chi connectivity index (χ1n) is 10.5. The van der Waals surface area contributed by atoms with Crippen LogP contribution >= 0.6 is 11.3 Å². The SMILES string of the molecule is CCN(CC)C(=O)c1cccc(NC(=O)/C=C/c2ccccc2OCc2csc(C)n2)c1. The molecule has 6 nitrogen and oxygen atoms in total. The number of hydrogen-bond acceptors (Lipinski definition) is 5. The van der Waals surface area contributed by atoms with Crippen LogP contribution in [0.15, 0.2) is 60.0 Å². The molecule has 0 bridgehead atoms. The monoisotopic (exact) mass is 449 g/mol. The number of aryl methyl sites for hydroxylation is 1. The van der Waals surface area contributed by atoms with Gasteiger partial charge in [-0.15, -0.1) is 11.3 Å². The number of anilines is 1. The lowest BCUT2D eigenvalue weighted by Crippen LogP contribution is -2.30. The first-order chi connectivity index (χ1) is 15.5. The summed E-state index contributed by atoms with van der Waals surface area (Å²) < 4.78 is 5.89. The zero-order chi connectivity index (χ0) is 22.9. The summed E-state index contributed by atoms with van der Waals surface area (Å²) in [4.78, 5) is 31.1. The van der Waals surface area contributed by atoms with Gasteiger partial charge in [-0.3, -0.25) is 9.59 Å². The second-order valence-corrected chi connectivity index (χ2v) is 8.13. The fourth-order valence-corrected chi connectivity index (χ4v) is 3.75. The summed E-state index contributed by atoms with van der Waals surface area (Å²) in [6.07, 6.45) is 3.16. The van der Waals surface area contributed by atoms with E-state index in [-0.39, 0.29) is 11.8 Å². The maximum atomic E-state index is 12.5. The summed E-state index contributed by atoms with van der Waals surface area (Å²) in [5, 5.41) is 5.79. The van der Waals surface area contributed by atoms with Crippen molar-refractivity contribution >= 4 is 34.9 Å². The molecule has 32 heavy (non-hydrogen) atoms. The third-order valence-electron chi connectivity index (χ3n) is 4.80. The van der Waals surface area contributed by atoms with Gasteiger partial charge in [0.1, 0.15) is 12.4 Å². The smallest absolute Gasteiger partial charge is 0.253 e. The van der Waals surface area contributed by atoms with E-state index >= 15 is 0 Å². The van der Waals surface area contributed by atoms with Gasteiger partial charge in [-0.1, -0.05) is 24.3 Å². The van der Waals surface area contributed by atoms with Crippen molar-refractivity contribution in [2.24, 2.45) is 0 Å². The molecule has 1 aromatic heterocycles. The summed E-state index contributed by atoms with van der Waals surface area (Å²) in [6, 6.07) is 14.5. The molecule has 1 N–H and O–H groups in total. The van der Waals surface area contributed by atoms with E-state index in [0.29, 0.717) is 36.7 Å². The minimum absolute atomic E-state index is 0.0528. The number of ether oxygens (including phenoxy) is 1. The summed E-state index contributed by atoms with van der Waals surface area (Å²) in [7, 11) is 0. The molecule has 0 spiro atoms. The molecule has 7 heteroatoms. The largest absolute Gasteiger partial charge is 0.487 e. The van der Waals surface area contributed by atoms with E-state index in [4.69, 9.17) is 4.74 Å². The van der Waals surface area contributed by atoms with Gasteiger partial charge in [0.2, 0.25) is 5.91 Å². The minimum Gasteiger partial charge on any atom is -0.487 e. The number of amides is 2. The fourth-order valence-electron chi connectivity index (χ4n) is 3.15. The predicted molar refractivity (Wildman–Crippen MR) is 129 cm³/mol. The third kappa shape index (κ3) is 6.28. The highest BCUT2D eigenvalue weighted by atomic mass is 32.1. The number of thiazole rings is 1. The van der Waals surface area contributed by atoms with Crippen molar-refractivity contribution < 1.29 is 14.3 Å². The Morgan fingerprint density at radius 3 is 2.62 bits per heavy atom. The molecule has 3 aromatic rings. The molecule has 0 radical (unpaired) electrons. The molecule has 2 amide bonds. The highest BCUT2D eigenvalue weighted by Crippen LogP contribution is 2.21. The molecular formula is C25H27N3O3S. The Hall–Kier alpha value is -3.45. The molecule has 0 saturated heterocycles. The molecule has 0 aliphatic rings. The Bertz CT molecular complexity index is 1100. The zero-order valence-corrected chi connectivity index (χ0v) is 19.3. The highest BCUT2D eigenvalue weighted by molar-refractivity contribution is 7.09. The molecule has 0 aliphatic carbocycles. The summed E-state index contributed by atoms with van der Waals surface area (Å²) in [6.45, 7) is 7.48. The van der Waals surface area contributed by atoms with E-state index in [0.717, 1.165) is 16.3 Å². The van der Waals surface area contributed by atoms with Gasteiger partial charge in [0.05, 0.1) is 10.7 Å². The number of para-hydroxylation sites is 1. The number of benzene rings is 2. The normalized spacial score (nSPS) is 10.8. The quantitative estimate of drug-likeness (QED) is 0.458. The van der Waals surface area contributed by atoms with Gasteiger partial charge in [-0.2, -0.15) is 0 Å². The van der Waals surface area contributed by atoms with Gasteiger partial charge in [-0.05, 0) is 51.1 Å². The number of aromatic nitrogens is 1. The summed E-state index contributed by atoms with van der Waals surface area (Å²) in [5.41, 5.74) is 2.79. The maximum Gasteiger partial charge on any atom is 0.253 e. The van der Waals surface area contributed by atoms with Crippen molar-refractivity contribution in [1.82, 2.24) is 9.88 Å². The van der Waals surface area contributed by atoms with Crippen LogP contribution in [0, 0.1) is 6.92 Å². The van der Waals surface area contributed by atoms with Crippen molar-refractivity contribution in [3.05, 3.63) is 81.8 Å². The third-order valence-corrected chi connectivity index (χ3v) is 5.63. The van der Waals surface area contributed by atoms with Gasteiger partial charge in [0.15, 0.2) is 0 Å². The van der Waals surface area contributed by atoms with Crippen molar-refractivity contribution in [2.75, 3.05) is 18.4 Å². The lowest BCUT2D eigenvalue weighted by molar-refractivity contribution is -0.111. The zero-order valence-electron chi connectivity index (χ0n) is 18.5. The van der Waals surface area contributed by atoms with Crippen molar-refractivity contribution in [2.45, 2.75) is 27.4 Å². The Balaban J connectivity index is 1.65. The standard InChI is InChI=1S/C25H27N3O3S/c1-4-28(5-2)25(30)20-10-8-11-21(15-20)27-24(29)14-13-19-9-6-7-12-23(19)31-16-22-17-32-18(3)26-22/h6-15,17H,4-5,16H2,1-3H3,(H,27,29)/b14-13+. The molecule has 0 aliphatic heterocycles. The number of carbonyl (C=O) groups is 2. The molecule has 1 heterocycles. The second kappa shape index (κ2) is 11.2. The van der Waals surface area contributed by atoms with Crippen LogP contribution < -0.4 is 10.1 Å². The molecular weight excluding hydrogens is 422 g/mol. The molecule has 0 fully saturated rings. The van der Waals surface area contributed by atoms with Gasteiger partial charge < -0.3 is 15.0 Å². The van der Waals surface area contributed by atoms with Gasteiger partial charge in [0.25, 0.3) is 5.91 Å². The molecule has 3 rings (SSSR count). The van der Waals surface area contributed by atoms with Crippen LogP contribution in [-0.4, -0.2) is 34.8 Å². The molecule has 0 unspecified atom stereocenters. The molecule has 2 aromatic carbocycles. The average molecular weight is 450 g/mol. The Morgan fingerprint density at radius 1 is 1.12 bits per heavy atom. The lowest BCUT2D eigenvalue weighted by Gasteiger charge is -2.18. The van der Waals surface area contributed by atoms with Gasteiger partial charge in [-0.25, -0.2) is 4.98 Å². The summed E-state index contributed by atoms with van der Waals surface area (Å²) in [5.74, 6) is 0.333. The number of carbonyl (C=O) groups excluding carboxylic acids is 2. The number of nitrogens with zero attached hydrogens (tertiary/aromatic N) is 2. The molecule has 0 atom stereocenters. The Labute approximate surface area is 192 Å². The van der Waals surface area contributed by atoms with Crippen LogP contribution in [0.1, 0.15) is 40.5 Å². The number of hydrogen-bond donors (Lipinski definition) is 1.